The summed E-state index contributed by atoms with van der Waals surface area (Å²) in [4.78, 5) is 36.4. The van der Waals surface area contributed by atoms with Gasteiger partial charge in [0.1, 0.15) is 0 Å². The lowest BCUT2D eigenvalue weighted by molar-refractivity contribution is -0.385. The molecule has 0 saturated carbocycles. The van der Waals surface area contributed by atoms with E-state index < -0.39 is 4.92 Å². The number of carbonyl (C=O) groups excluding carboxylic acids is 2. The van der Waals surface area contributed by atoms with Crippen LogP contribution in [0.5, 0.6) is 0 Å². The van der Waals surface area contributed by atoms with Crippen LogP contribution in [0.3, 0.4) is 0 Å². The molecule has 1 aromatic carbocycles. The molecule has 8 heteroatoms. The summed E-state index contributed by atoms with van der Waals surface area (Å²) in [6.45, 7) is 5.36. The zero-order chi connectivity index (χ0) is 19.8. The first-order valence-corrected chi connectivity index (χ1v) is 9.28. The smallest absolute Gasteiger partial charge is 0.307 e. The number of carbonyl (C=O) groups is 2. The van der Waals surface area contributed by atoms with Gasteiger partial charge < -0.3 is 9.47 Å². The summed E-state index contributed by atoms with van der Waals surface area (Å²) < 4.78 is 10.00. The molecule has 8 nitrogen and oxygen atoms in total. The van der Waals surface area contributed by atoms with Gasteiger partial charge in [-0.2, -0.15) is 0 Å². The Morgan fingerprint density at radius 2 is 1.85 bits per heavy atom. The molecule has 0 amide bonds. The van der Waals surface area contributed by atoms with Crippen LogP contribution in [0.4, 0.5) is 5.69 Å². The molecule has 2 rings (SSSR count). The first-order chi connectivity index (χ1) is 13.0. The number of esters is 2. The molecule has 0 bridgehead atoms. The van der Waals surface area contributed by atoms with Gasteiger partial charge in [-0.25, -0.2) is 0 Å². The van der Waals surface area contributed by atoms with Crippen LogP contribution in [0.1, 0.15) is 50.3 Å². The van der Waals surface area contributed by atoms with Gasteiger partial charge in [-0.3, -0.25) is 24.6 Å². The second-order valence-electron chi connectivity index (χ2n) is 6.34. The number of nitrogens with zero attached hydrogens (tertiary/aromatic N) is 2. The lowest BCUT2D eigenvalue weighted by Gasteiger charge is -2.37. The van der Waals surface area contributed by atoms with Crippen molar-refractivity contribution in [3.63, 3.8) is 0 Å². The number of benzene rings is 1. The summed E-state index contributed by atoms with van der Waals surface area (Å²) in [5.74, 6) is -0.563. The first-order valence-electron chi connectivity index (χ1n) is 9.28. The van der Waals surface area contributed by atoms with Crippen molar-refractivity contribution in [2.45, 2.75) is 45.6 Å². The first kappa shape index (κ1) is 20.8. The molecule has 27 heavy (non-hydrogen) atoms. The largest absolute Gasteiger partial charge is 0.466 e. The van der Waals surface area contributed by atoms with Gasteiger partial charge in [0.25, 0.3) is 5.69 Å². The standard InChI is InChI=1S/C19H26N2O6/c1-3-26-18(22)8-7-17-16-13-15(21(24)25)6-5-14(16)9-11-20(17)12-10-19(23)27-4-2/h5-6,13,17H,3-4,7-12H2,1-2H3. The minimum absolute atomic E-state index is 0.0297. The Morgan fingerprint density at radius 1 is 1.19 bits per heavy atom. The lowest BCUT2D eigenvalue weighted by Crippen LogP contribution is -2.37. The maximum atomic E-state index is 11.8. The van der Waals surface area contributed by atoms with E-state index in [2.05, 4.69) is 4.90 Å². The van der Waals surface area contributed by atoms with Gasteiger partial charge in [0.2, 0.25) is 0 Å². The zero-order valence-corrected chi connectivity index (χ0v) is 15.8. The van der Waals surface area contributed by atoms with E-state index >= 15 is 0 Å². The van der Waals surface area contributed by atoms with E-state index in [1.165, 1.54) is 6.07 Å². The number of non-ortho nitro benzene ring substituents is 1. The zero-order valence-electron chi connectivity index (χ0n) is 15.8. The fourth-order valence-corrected chi connectivity index (χ4v) is 3.41. The summed E-state index contributed by atoms with van der Waals surface area (Å²) in [5, 5.41) is 11.2. The van der Waals surface area contributed by atoms with Crippen molar-refractivity contribution in [1.29, 1.82) is 0 Å². The van der Waals surface area contributed by atoms with Gasteiger partial charge in [0, 0.05) is 37.7 Å². The fraction of sp³-hybridized carbons (Fsp3) is 0.579. The Balaban J connectivity index is 2.20. The van der Waals surface area contributed by atoms with Crippen LogP contribution in [-0.4, -0.2) is 48.1 Å². The average molecular weight is 378 g/mol. The van der Waals surface area contributed by atoms with Gasteiger partial charge in [0.05, 0.1) is 24.6 Å². The van der Waals surface area contributed by atoms with Crippen molar-refractivity contribution >= 4 is 17.6 Å². The minimum atomic E-state index is -0.416. The summed E-state index contributed by atoms with van der Waals surface area (Å²) in [6, 6.07) is 4.71. The highest BCUT2D eigenvalue weighted by atomic mass is 16.6. The molecule has 1 unspecified atom stereocenters. The van der Waals surface area contributed by atoms with E-state index in [4.69, 9.17) is 9.47 Å². The van der Waals surface area contributed by atoms with Crippen LogP contribution in [0.15, 0.2) is 18.2 Å². The number of ether oxygens (including phenoxy) is 2. The van der Waals surface area contributed by atoms with Crippen molar-refractivity contribution in [3.05, 3.63) is 39.4 Å². The summed E-state index contributed by atoms with van der Waals surface area (Å²) in [7, 11) is 0. The van der Waals surface area contributed by atoms with Gasteiger partial charge >= 0.3 is 11.9 Å². The van der Waals surface area contributed by atoms with Crippen molar-refractivity contribution in [1.82, 2.24) is 4.90 Å². The molecule has 0 aromatic heterocycles. The van der Waals surface area contributed by atoms with Gasteiger partial charge in [0.15, 0.2) is 0 Å². The number of hydrogen-bond acceptors (Lipinski definition) is 7. The van der Waals surface area contributed by atoms with E-state index in [9.17, 15) is 19.7 Å². The van der Waals surface area contributed by atoms with E-state index in [-0.39, 0.29) is 36.5 Å². The van der Waals surface area contributed by atoms with Crippen molar-refractivity contribution in [2.24, 2.45) is 0 Å². The van der Waals surface area contributed by atoms with Crippen molar-refractivity contribution in [2.75, 3.05) is 26.3 Å². The van der Waals surface area contributed by atoms with E-state index in [0.717, 1.165) is 24.1 Å². The second-order valence-corrected chi connectivity index (χ2v) is 6.34. The van der Waals surface area contributed by atoms with Crippen LogP contribution in [0.2, 0.25) is 0 Å². The Labute approximate surface area is 158 Å². The minimum Gasteiger partial charge on any atom is -0.466 e. The Kier molecular flexibility index (Phi) is 7.72. The highest BCUT2D eigenvalue weighted by Gasteiger charge is 2.29. The normalized spacial score (nSPS) is 16.4. The molecular formula is C19H26N2O6. The highest BCUT2D eigenvalue weighted by molar-refractivity contribution is 5.70. The fourth-order valence-electron chi connectivity index (χ4n) is 3.41. The third-order valence-corrected chi connectivity index (χ3v) is 4.64. The Bertz CT molecular complexity index is 691. The summed E-state index contributed by atoms with van der Waals surface area (Å²) in [6.07, 6.45) is 1.69. The van der Waals surface area contributed by atoms with Crippen LogP contribution >= 0.6 is 0 Å². The molecule has 0 spiro atoms. The van der Waals surface area contributed by atoms with Crippen LogP contribution in [0, 0.1) is 10.1 Å². The topological polar surface area (TPSA) is 99.0 Å². The molecule has 0 aliphatic carbocycles. The molecule has 1 heterocycles. The van der Waals surface area contributed by atoms with E-state index in [1.807, 2.05) is 0 Å². The third-order valence-electron chi connectivity index (χ3n) is 4.64. The maximum Gasteiger partial charge on any atom is 0.307 e. The van der Waals surface area contributed by atoms with Crippen LogP contribution < -0.4 is 0 Å². The molecule has 0 N–H and O–H groups in total. The molecule has 1 aliphatic rings. The average Bonchev–Trinajstić information content (AvgIpc) is 2.64. The van der Waals surface area contributed by atoms with Crippen LogP contribution in [-0.2, 0) is 25.5 Å². The van der Waals surface area contributed by atoms with Gasteiger partial charge in [-0.1, -0.05) is 6.07 Å². The summed E-state index contributed by atoms with van der Waals surface area (Å²) >= 11 is 0. The molecule has 148 valence electrons. The predicted octanol–water partition coefficient (Wildman–Crippen LogP) is 2.79. The number of fused-ring (bicyclic) bond motifs is 1. The molecule has 0 fully saturated rings. The second kappa shape index (κ2) is 10.0. The number of rotatable bonds is 9. The molecular weight excluding hydrogens is 352 g/mol. The Hall–Kier alpha value is -2.48. The van der Waals surface area contributed by atoms with Gasteiger partial charge in [-0.15, -0.1) is 0 Å². The Morgan fingerprint density at radius 3 is 2.48 bits per heavy atom. The molecule has 0 radical (unpaired) electrons. The monoisotopic (exact) mass is 378 g/mol. The van der Waals surface area contributed by atoms with Crippen molar-refractivity contribution < 1.29 is 24.0 Å². The lowest BCUT2D eigenvalue weighted by atomic mass is 9.89. The summed E-state index contributed by atoms with van der Waals surface area (Å²) in [5.41, 5.74) is 1.92. The number of nitro groups is 1. The maximum absolute atomic E-state index is 11.8. The molecule has 1 atom stereocenters. The number of hydrogen-bond donors (Lipinski definition) is 0. The number of nitro benzene ring substituents is 1. The van der Waals surface area contributed by atoms with Gasteiger partial charge in [-0.05, 0) is 37.8 Å². The quantitative estimate of drug-likeness (QED) is 0.370. The SMILES string of the molecule is CCOC(=O)CCC1c2cc([N+](=O)[O-])ccc2CCN1CCC(=O)OCC. The van der Waals surface area contributed by atoms with Crippen molar-refractivity contribution in [3.8, 4) is 0 Å². The van der Waals surface area contributed by atoms with Crippen LogP contribution in [0.25, 0.3) is 0 Å². The molecule has 1 aliphatic heterocycles. The predicted molar refractivity (Wildman–Crippen MR) is 98.2 cm³/mol. The third kappa shape index (κ3) is 5.75. The van der Waals surface area contributed by atoms with E-state index in [0.29, 0.717) is 26.2 Å². The van der Waals surface area contributed by atoms with E-state index in [1.54, 1.807) is 26.0 Å². The molecule has 0 saturated heterocycles. The highest BCUT2D eigenvalue weighted by Crippen LogP contribution is 2.35. The molecule has 1 aromatic rings.